The summed E-state index contributed by atoms with van der Waals surface area (Å²) in [5, 5.41) is 4.19. The molecule has 0 aliphatic heterocycles. The highest BCUT2D eigenvalue weighted by molar-refractivity contribution is 5.97. The predicted molar refractivity (Wildman–Crippen MR) is 135 cm³/mol. The standard InChI is InChI=1S/C26H25N5O4/c1-34-23-14-20-21(11-12-28-22(20)15-24(23)35-2)29-19-9-5-17(6-10-19)26(33)31-30-25(32)13-16-3-7-18(27)8-4-16/h3-12,14-15H,13,27H2,1-2H3,(H,28,29)(H,30,32)(H,31,33). The van der Waals surface area contributed by atoms with E-state index in [1.807, 2.05) is 18.2 Å². The number of amides is 2. The van der Waals surface area contributed by atoms with E-state index in [1.54, 1.807) is 68.9 Å². The normalized spacial score (nSPS) is 10.5. The van der Waals surface area contributed by atoms with Crippen LogP contribution in [0.3, 0.4) is 0 Å². The number of benzene rings is 3. The predicted octanol–water partition coefficient (Wildman–Crippen LogP) is 3.58. The molecule has 9 nitrogen and oxygen atoms in total. The van der Waals surface area contributed by atoms with E-state index in [2.05, 4.69) is 21.2 Å². The Bertz CT molecular complexity index is 1360. The number of ether oxygens (including phenoxy) is 2. The SMILES string of the molecule is COc1cc2nccc(Nc3ccc(C(=O)NNC(=O)Cc4ccc(N)cc4)cc3)c2cc1OC. The third-order valence-corrected chi connectivity index (χ3v) is 5.33. The number of hydrogen-bond donors (Lipinski definition) is 4. The van der Waals surface area contributed by atoms with Crippen molar-refractivity contribution in [1.29, 1.82) is 0 Å². The summed E-state index contributed by atoms with van der Waals surface area (Å²) in [5.41, 5.74) is 14.7. The molecule has 5 N–H and O–H groups in total. The van der Waals surface area contributed by atoms with E-state index >= 15 is 0 Å². The first kappa shape index (κ1) is 23.4. The van der Waals surface area contributed by atoms with Gasteiger partial charge in [-0.05, 0) is 54.1 Å². The second-order valence-corrected chi connectivity index (χ2v) is 7.71. The fourth-order valence-corrected chi connectivity index (χ4v) is 3.51. The Kier molecular flexibility index (Phi) is 6.96. The molecule has 0 aliphatic rings. The molecule has 0 bridgehead atoms. The Labute approximate surface area is 202 Å². The summed E-state index contributed by atoms with van der Waals surface area (Å²) in [7, 11) is 3.16. The van der Waals surface area contributed by atoms with Crippen molar-refractivity contribution in [3.05, 3.63) is 84.1 Å². The first-order chi connectivity index (χ1) is 17.0. The van der Waals surface area contributed by atoms with Crippen LogP contribution in [-0.4, -0.2) is 31.0 Å². The summed E-state index contributed by atoms with van der Waals surface area (Å²) in [4.78, 5) is 28.9. The zero-order valence-corrected chi connectivity index (χ0v) is 19.3. The molecule has 0 unspecified atom stereocenters. The van der Waals surface area contributed by atoms with Crippen LogP contribution in [0.25, 0.3) is 10.9 Å². The van der Waals surface area contributed by atoms with Gasteiger partial charge < -0.3 is 20.5 Å². The molecule has 3 aromatic carbocycles. The molecular weight excluding hydrogens is 446 g/mol. The van der Waals surface area contributed by atoms with E-state index < -0.39 is 5.91 Å². The molecule has 0 fully saturated rings. The number of pyridine rings is 1. The van der Waals surface area contributed by atoms with Gasteiger partial charge in [-0.25, -0.2) is 0 Å². The summed E-state index contributed by atoms with van der Waals surface area (Å²) < 4.78 is 10.8. The number of nitrogens with zero attached hydrogens (tertiary/aromatic N) is 1. The molecule has 9 heteroatoms. The number of hydrazine groups is 1. The maximum absolute atomic E-state index is 12.4. The van der Waals surface area contributed by atoms with Gasteiger partial charge in [0.2, 0.25) is 5.91 Å². The quantitative estimate of drug-likeness (QED) is 0.240. The van der Waals surface area contributed by atoms with Crippen LogP contribution in [0.15, 0.2) is 72.9 Å². The first-order valence-corrected chi connectivity index (χ1v) is 10.8. The Morgan fingerprint density at radius 3 is 2.26 bits per heavy atom. The third kappa shape index (κ3) is 5.59. The lowest BCUT2D eigenvalue weighted by Crippen LogP contribution is -2.42. The second kappa shape index (κ2) is 10.4. The average molecular weight is 472 g/mol. The lowest BCUT2D eigenvalue weighted by molar-refractivity contribution is -0.121. The zero-order chi connectivity index (χ0) is 24.8. The number of hydrogen-bond acceptors (Lipinski definition) is 7. The number of fused-ring (bicyclic) bond motifs is 1. The summed E-state index contributed by atoms with van der Waals surface area (Å²) in [5.74, 6) is 0.438. The minimum absolute atomic E-state index is 0.125. The monoisotopic (exact) mass is 471 g/mol. The number of nitrogens with one attached hydrogen (secondary N) is 3. The van der Waals surface area contributed by atoms with Gasteiger partial charge in [-0.2, -0.15) is 0 Å². The van der Waals surface area contributed by atoms with Gasteiger partial charge in [-0.3, -0.25) is 25.4 Å². The highest BCUT2D eigenvalue weighted by atomic mass is 16.5. The van der Waals surface area contributed by atoms with Crippen molar-refractivity contribution in [3.63, 3.8) is 0 Å². The molecule has 4 aromatic rings. The van der Waals surface area contributed by atoms with Gasteiger partial charge >= 0.3 is 0 Å². The van der Waals surface area contributed by atoms with Gasteiger partial charge in [-0.1, -0.05) is 12.1 Å². The number of aromatic nitrogens is 1. The molecule has 0 spiro atoms. The Morgan fingerprint density at radius 2 is 1.57 bits per heavy atom. The number of rotatable bonds is 7. The largest absolute Gasteiger partial charge is 0.493 e. The fraction of sp³-hybridized carbons (Fsp3) is 0.115. The van der Waals surface area contributed by atoms with Crippen molar-refractivity contribution in [1.82, 2.24) is 15.8 Å². The summed E-state index contributed by atoms with van der Waals surface area (Å²) >= 11 is 0. The van der Waals surface area contributed by atoms with Crippen molar-refractivity contribution in [3.8, 4) is 11.5 Å². The molecule has 178 valence electrons. The maximum Gasteiger partial charge on any atom is 0.269 e. The lowest BCUT2D eigenvalue weighted by atomic mass is 10.1. The third-order valence-electron chi connectivity index (χ3n) is 5.33. The fourth-order valence-electron chi connectivity index (χ4n) is 3.51. The molecule has 2 amide bonds. The first-order valence-electron chi connectivity index (χ1n) is 10.8. The summed E-state index contributed by atoms with van der Waals surface area (Å²) in [6.45, 7) is 0. The van der Waals surface area contributed by atoms with Gasteiger partial charge in [0.15, 0.2) is 11.5 Å². The van der Waals surface area contributed by atoms with Crippen LogP contribution in [0.5, 0.6) is 11.5 Å². The molecule has 0 aliphatic carbocycles. The molecular formula is C26H25N5O4. The van der Waals surface area contributed by atoms with Crippen molar-refractivity contribution < 1.29 is 19.1 Å². The Balaban J connectivity index is 1.40. The van der Waals surface area contributed by atoms with Gasteiger partial charge in [0.25, 0.3) is 5.91 Å². The number of carbonyl (C=O) groups excluding carboxylic acids is 2. The minimum Gasteiger partial charge on any atom is -0.493 e. The van der Waals surface area contributed by atoms with E-state index in [4.69, 9.17) is 15.2 Å². The summed E-state index contributed by atoms with van der Waals surface area (Å²) in [6.07, 6.45) is 1.82. The number of methoxy groups -OCH3 is 2. The van der Waals surface area contributed by atoms with Crippen molar-refractivity contribution in [2.24, 2.45) is 0 Å². The molecule has 0 radical (unpaired) electrons. The van der Waals surface area contributed by atoms with Crippen LogP contribution in [-0.2, 0) is 11.2 Å². The van der Waals surface area contributed by atoms with Crippen LogP contribution in [0, 0.1) is 0 Å². The molecule has 1 aromatic heterocycles. The smallest absolute Gasteiger partial charge is 0.269 e. The van der Waals surface area contributed by atoms with Crippen molar-refractivity contribution >= 4 is 39.8 Å². The molecule has 1 heterocycles. The number of carbonyl (C=O) groups is 2. The van der Waals surface area contributed by atoms with E-state index in [1.165, 1.54) is 0 Å². The minimum atomic E-state index is -0.423. The highest BCUT2D eigenvalue weighted by Crippen LogP contribution is 2.35. The second-order valence-electron chi connectivity index (χ2n) is 7.71. The van der Waals surface area contributed by atoms with Crippen LogP contribution >= 0.6 is 0 Å². The van der Waals surface area contributed by atoms with E-state index in [0.29, 0.717) is 22.7 Å². The summed E-state index contributed by atoms with van der Waals surface area (Å²) in [6, 6.07) is 19.4. The Hall–Kier alpha value is -4.79. The van der Waals surface area contributed by atoms with Crippen LogP contribution < -0.4 is 31.4 Å². The van der Waals surface area contributed by atoms with Gasteiger partial charge in [0.1, 0.15) is 0 Å². The van der Waals surface area contributed by atoms with E-state index in [9.17, 15) is 9.59 Å². The van der Waals surface area contributed by atoms with E-state index in [-0.39, 0.29) is 12.3 Å². The van der Waals surface area contributed by atoms with Gasteiger partial charge in [0, 0.05) is 40.3 Å². The Morgan fingerprint density at radius 1 is 0.886 bits per heavy atom. The average Bonchev–Trinajstić information content (AvgIpc) is 2.88. The van der Waals surface area contributed by atoms with Crippen molar-refractivity contribution in [2.75, 3.05) is 25.3 Å². The molecule has 0 saturated heterocycles. The topological polar surface area (TPSA) is 128 Å². The van der Waals surface area contributed by atoms with Gasteiger partial charge in [0.05, 0.1) is 26.2 Å². The number of nitrogen functional groups attached to an aromatic ring is 1. The van der Waals surface area contributed by atoms with E-state index in [0.717, 1.165) is 27.8 Å². The molecule has 0 saturated carbocycles. The maximum atomic E-state index is 12.4. The molecule has 35 heavy (non-hydrogen) atoms. The van der Waals surface area contributed by atoms with Crippen molar-refractivity contribution in [2.45, 2.75) is 6.42 Å². The zero-order valence-electron chi connectivity index (χ0n) is 19.3. The highest BCUT2D eigenvalue weighted by Gasteiger charge is 2.11. The molecule has 0 atom stereocenters. The van der Waals surface area contributed by atoms with Crippen LogP contribution in [0.4, 0.5) is 17.1 Å². The number of anilines is 3. The lowest BCUT2D eigenvalue weighted by Gasteiger charge is -2.13. The van der Waals surface area contributed by atoms with Gasteiger partial charge in [-0.15, -0.1) is 0 Å². The number of nitrogens with two attached hydrogens (primary N) is 1. The van der Waals surface area contributed by atoms with Crippen LogP contribution in [0.2, 0.25) is 0 Å². The van der Waals surface area contributed by atoms with Crippen LogP contribution in [0.1, 0.15) is 15.9 Å². The molecule has 4 rings (SSSR count).